The highest BCUT2D eigenvalue weighted by atomic mass is 35.5. The van der Waals surface area contributed by atoms with Gasteiger partial charge in [0.25, 0.3) is 0 Å². The van der Waals surface area contributed by atoms with Crippen LogP contribution in [0.3, 0.4) is 0 Å². The Hall–Kier alpha value is -2.55. The number of hydrogen-bond donors (Lipinski definition) is 1. The molecule has 2 N–H and O–H groups in total. The van der Waals surface area contributed by atoms with Crippen LogP contribution >= 0.6 is 23.2 Å². The van der Waals surface area contributed by atoms with Crippen molar-refractivity contribution in [2.75, 3.05) is 12.8 Å². The summed E-state index contributed by atoms with van der Waals surface area (Å²) < 4.78 is 5.16. The summed E-state index contributed by atoms with van der Waals surface area (Å²) in [6.07, 6.45) is 1.27. The van der Waals surface area contributed by atoms with Gasteiger partial charge in [0.1, 0.15) is 11.8 Å². The van der Waals surface area contributed by atoms with Crippen LogP contribution in [0.4, 0.5) is 5.69 Å². The fraction of sp³-hybridized carbons (Fsp3) is 0.167. The summed E-state index contributed by atoms with van der Waals surface area (Å²) >= 11 is 12.3. The number of nitrogens with zero attached hydrogens (tertiary/aromatic N) is 3. The van der Waals surface area contributed by atoms with Crippen molar-refractivity contribution in [2.24, 2.45) is 0 Å². The summed E-state index contributed by atoms with van der Waals surface area (Å²) in [4.78, 5) is 0. The van der Waals surface area contributed by atoms with Gasteiger partial charge in [0.15, 0.2) is 5.15 Å². The SMILES string of the molecule is COc1ccc(CCc2nnc(Cl)c3ccc(C#N)c(N)c23)cc1Cl. The Labute approximate surface area is 154 Å². The number of aryl methyl sites for hydroxylation is 2. The van der Waals surface area contributed by atoms with Gasteiger partial charge in [-0.25, -0.2) is 0 Å². The highest BCUT2D eigenvalue weighted by molar-refractivity contribution is 6.34. The molecule has 7 heteroatoms. The van der Waals surface area contributed by atoms with Gasteiger partial charge in [-0.2, -0.15) is 10.4 Å². The Balaban J connectivity index is 1.98. The van der Waals surface area contributed by atoms with Crippen LogP contribution in [0, 0.1) is 11.3 Å². The molecule has 0 fully saturated rings. The third kappa shape index (κ3) is 3.32. The number of nitrogen functional groups attached to an aromatic ring is 1. The lowest BCUT2D eigenvalue weighted by Gasteiger charge is -2.10. The second kappa shape index (κ2) is 7.14. The molecule has 1 heterocycles. The predicted molar refractivity (Wildman–Crippen MR) is 99.1 cm³/mol. The number of methoxy groups -OCH3 is 1. The Morgan fingerprint density at radius 3 is 2.64 bits per heavy atom. The molecule has 1 aromatic heterocycles. The number of halogens is 2. The molecule has 0 unspecified atom stereocenters. The van der Waals surface area contributed by atoms with Crippen molar-refractivity contribution in [3.8, 4) is 11.8 Å². The van der Waals surface area contributed by atoms with Crippen LogP contribution in [0.5, 0.6) is 5.75 Å². The second-order valence-electron chi connectivity index (χ2n) is 5.47. The lowest BCUT2D eigenvalue weighted by Crippen LogP contribution is -2.03. The van der Waals surface area contributed by atoms with Crippen LogP contribution in [-0.4, -0.2) is 17.3 Å². The van der Waals surface area contributed by atoms with Crippen molar-refractivity contribution in [2.45, 2.75) is 12.8 Å². The van der Waals surface area contributed by atoms with Gasteiger partial charge in [-0.3, -0.25) is 0 Å². The largest absolute Gasteiger partial charge is 0.495 e. The zero-order valence-corrected chi connectivity index (χ0v) is 14.9. The first-order valence-corrected chi connectivity index (χ1v) is 8.26. The molecule has 0 aliphatic rings. The molecular formula is C18H14Cl2N4O. The summed E-state index contributed by atoms with van der Waals surface area (Å²) in [6.45, 7) is 0. The van der Waals surface area contributed by atoms with E-state index in [0.717, 1.165) is 5.56 Å². The number of hydrogen-bond acceptors (Lipinski definition) is 5. The van der Waals surface area contributed by atoms with E-state index in [4.69, 9.17) is 33.7 Å². The zero-order chi connectivity index (χ0) is 18.0. The van der Waals surface area contributed by atoms with Gasteiger partial charge in [0, 0.05) is 10.8 Å². The van der Waals surface area contributed by atoms with E-state index in [0.29, 0.717) is 51.3 Å². The first-order valence-electron chi connectivity index (χ1n) is 7.51. The summed E-state index contributed by atoms with van der Waals surface area (Å²) in [7, 11) is 1.58. The van der Waals surface area contributed by atoms with Crippen molar-refractivity contribution in [1.29, 1.82) is 5.26 Å². The van der Waals surface area contributed by atoms with Crippen LogP contribution in [0.1, 0.15) is 16.8 Å². The number of rotatable bonds is 4. The van der Waals surface area contributed by atoms with Gasteiger partial charge in [0.2, 0.25) is 0 Å². The summed E-state index contributed by atoms with van der Waals surface area (Å²) in [5, 5.41) is 19.6. The number of ether oxygens (including phenoxy) is 1. The van der Waals surface area contributed by atoms with E-state index >= 15 is 0 Å². The third-order valence-electron chi connectivity index (χ3n) is 4.00. The standard InChI is InChI=1S/C18H14Cl2N4O/c1-25-15-7-3-10(8-13(15)19)2-6-14-16-12(18(20)24-23-14)5-4-11(9-21)17(16)22/h3-5,7-8H,2,6,22H2,1H3. The van der Waals surface area contributed by atoms with Crippen molar-refractivity contribution >= 4 is 39.7 Å². The molecule has 25 heavy (non-hydrogen) atoms. The molecule has 0 aliphatic heterocycles. The van der Waals surface area contributed by atoms with E-state index in [2.05, 4.69) is 16.3 Å². The minimum Gasteiger partial charge on any atom is -0.495 e. The first-order chi connectivity index (χ1) is 12.0. The Morgan fingerprint density at radius 2 is 1.96 bits per heavy atom. The number of fused-ring (bicyclic) bond motifs is 1. The zero-order valence-electron chi connectivity index (χ0n) is 13.4. The maximum absolute atomic E-state index is 9.20. The Kier molecular flexibility index (Phi) is 4.93. The van der Waals surface area contributed by atoms with Crippen LogP contribution in [0.25, 0.3) is 10.8 Å². The molecule has 3 rings (SSSR count). The molecule has 0 amide bonds. The lowest BCUT2D eigenvalue weighted by molar-refractivity contribution is 0.415. The van der Waals surface area contributed by atoms with Gasteiger partial charge < -0.3 is 10.5 Å². The number of benzene rings is 2. The van der Waals surface area contributed by atoms with E-state index in [1.807, 2.05) is 18.2 Å². The predicted octanol–water partition coefficient (Wildman–Crippen LogP) is 4.18. The van der Waals surface area contributed by atoms with Gasteiger partial charge in [0.05, 0.1) is 29.1 Å². The highest BCUT2D eigenvalue weighted by Crippen LogP contribution is 2.31. The lowest BCUT2D eigenvalue weighted by atomic mass is 10.0. The van der Waals surface area contributed by atoms with Crippen LogP contribution < -0.4 is 10.5 Å². The molecule has 0 saturated heterocycles. The van der Waals surface area contributed by atoms with Crippen molar-refractivity contribution in [1.82, 2.24) is 10.2 Å². The molecule has 0 radical (unpaired) electrons. The molecule has 0 spiro atoms. The van der Waals surface area contributed by atoms with Gasteiger partial charge in [-0.1, -0.05) is 29.3 Å². The quantitative estimate of drug-likeness (QED) is 0.694. The van der Waals surface area contributed by atoms with Gasteiger partial charge in [-0.05, 0) is 42.7 Å². The summed E-state index contributed by atoms with van der Waals surface area (Å²) in [6, 6.07) is 11.1. The van der Waals surface area contributed by atoms with Crippen molar-refractivity contribution in [3.63, 3.8) is 0 Å². The molecule has 2 aromatic carbocycles. The smallest absolute Gasteiger partial charge is 0.159 e. The molecule has 5 nitrogen and oxygen atoms in total. The van der Waals surface area contributed by atoms with Crippen LogP contribution in [0.2, 0.25) is 10.2 Å². The number of anilines is 1. The van der Waals surface area contributed by atoms with Crippen molar-refractivity contribution < 1.29 is 4.74 Å². The van der Waals surface area contributed by atoms with E-state index in [-0.39, 0.29) is 5.15 Å². The number of nitrogens with two attached hydrogens (primary N) is 1. The van der Waals surface area contributed by atoms with Crippen molar-refractivity contribution in [3.05, 3.63) is 57.3 Å². The summed E-state index contributed by atoms with van der Waals surface area (Å²) in [5.41, 5.74) is 8.64. The molecule has 0 saturated carbocycles. The molecule has 126 valence electrons. The van der Waals surface area contributed by atoms with Gasteiger partial charge in [-0.15, -0.1) is 5.10 Å². The fourth-order valence-corrected chi connectivity index (χ4v) is 3.19. The van der Waals surface area contributed by atoms with Crippen LogP contribution in [0.15, 0.2) is 30.3 Å². The average molecular weight is 373 g/mol. The van der Waals surface area contributed by atoms with E-state index in [1.165, 1.54) is 0 Å². The van der Waals surface area contributed by atoms with E-state index < -0.39 is 0 Å². The van der Waals surface area contributed by atoms with Gasteiger partial charge >= 0.3 is 0 Å². The highest BCUT2D eigenvalue weighted by Gasteiger charge is 2.14. The molecule has 0 atom stereocenters. The Morgan fingerprint density at radius 1 is 1.16 bits per heavy atom. The number of nitriles is 1. The minimum absolute atomic E-state index is 0.266. The Bertz CT molecular complexity index is 999. The maximum Gasteiger partial charge on any atom is 0.159 e. The molecule has 0 aliphatic carbocycles. The average Bonchev–Trinajstić information content (AvgIpc) is 2.62. The fourth-order valence-electron chi connectivity index (χ4n) is 2.71. The van der Waals surface area contributed by atoms with Crippen LogP contribution in [-0.2, 0) is 12.8 Å². The minimum atomic E-state index is 0.266. The molecule has 0 bridgehead atoms. The third-order valence-corrected chi connectivity index (χ3v) is 4.58. The van der Waals surface area contributed by atoms with E-state index in [9.17, 15) is 5.26 Å². The maximum atomic E-state index is 9.20. The second-order valence-corrected chi connectivity index (χ2v) is 6.23. The number of aromatic nitrogens is 2. The normalized spacial score (nSPS) is 10.6. The molecule has 3 aromatic rings. The topological polar surface area (TPSA) is 84.8 Å². The first kappa shape index (κ1) is 17.3. The van der Waals surface area contributed by atoms with E-state index in [1.54, 1.807) is 19.2 Å². The summed E-state index contributed by atoms with van der Waals surface area (Å²) in [5.74, 6) is 0.630. The molecular weight excluding hydrogens is 359 g/mol. The monoisotopic (exact) mass is 372 g/mol.